The Kier molecular flexibility index (Phi) is 21.6. The minimum Gasteiger partial charge on any atom is -0.309 e. The molecule has 418 valence electrons. The molecule has 82 heavy (non-hydrogen) atoms. The van der Waals surface area contributed by atoms with Crippen molar-refractivity contribution in [3.8, 4) is 17.4 Å². The molecule has 0 aliphatic carbocycles. The number of aromatic nitrogens is 2. The summed E-state index contributed by atoms with van der Waals surface area (Å²) in [7, 11) is 0. The molecule has 10 aromatic rings. The fourth-order valence-electron chi connectivity index (χ4n) is 11.6. The second-order valence-electron chi connectivity index (χ2n) is 22.7. The zero-order chi connectivity index (χ0) is 56.9. The number of aryl methyl sites for hydroxylation is 4. The van der Waals surface area contributed by atoms with Gasteiger partial charge in [0.1, 0.15) is 6.29 Å². The van der Waals surface area contributed by atoms with Gasteiger partial charge in [-0.2, -0.15) is 5.26 Å². The van der Waals surface area contributed by atoms with E-state index in [0.717, 1.165) is 54.2 Å². The predicted molar refractivity (Wildman–Crippen MR) is 354 cm³/mol. The second-order valence-corrected chi connectivity index (χ2v) is 22.7. The van der Waals surface area contributed by atoms with Crippen LogP contribution in [0.5, 0.6) is 0 Å². The monoisotopic (exact) mass is 1080 g/mol. The number of unbranched alkanes of at least 4 members (excludes halogenated alkanes) is 12. The van der Waals surface area contributed by atoms with E-state index in [1.54, 1.807) is 0 Å². The molecular weight excluding hydrogens is 995 g/mol. The van der Waals surface area contributed by atoms with Gasteiger partial charge in [0, 0.05) is 38.5 Å². The van der Waals surface area contributed by atoms with Crippen LogP contribution in [0.1, 0.15) is 191 Å². The highest BCUT2D eigenvalue weighted by atomic mass is 16.1. The fraction of sp³-hybridized carbons (Fsp3) is 0.308. The standard InChI is InChI=1S/C39H42N2.C39H43NO/c1-3-5-7-9-11-32-21-25-38-36(27-32)37-28-33(12-10-8-6-4-2)22-26-39(37)41(38)35-23-19-31(20-24-35)14-13-30-15-17-34(29-40)18-16-30;1-3-5-7-9-11-32-21-25-38-36(27-32)37-28-33(12-10-8-6-4-2)22-26-39(37)40(38)35-23-19-31(20-24-35)14-13-30-15-17-34(29-41)18-16-30/h13-28H,3-12H2,1-2H3;13-29H,3-12H2,1-2H3/b2*14-13+. The molecule has 0 spiro atoms. The highest BCUT2D eigenvalue weighted by molar-refractivity contribution is 6.11. The second kappa shape index (κ2) is 30.2. The minimum absolute atomic E-state index is 0.685. The summed E-state index contributed by atoms with van der Waals surface area (Å²) in [5.74, 6) is 0. The van der Waals surface area contributed by atoms with Gasteiger partial charge >= 0.3 is 0 Å². The largest absolute Gasteiger partial charge is 0.309 e. The zero-order valence-corrected chi connectivity index (χ0v) is 49.4. The number of nitrogens with zero attached hydrogens (tertiary/aromatic N) is 3. The van der Waals surface area contributed by atoms with E-state index in [1.807, 2.05) is 48.5 Å². The molecule has 0 bridgehead atoms. The molecule has 0 saturated heterocycles. The Hall–Kier alpha value is -8.00. The highest BCUT2D eigenvalue weighted by Crippen LogP contribution is 2.36. The van der Waals surface area contributed by atoms with Crippen molar-refractivity contribution in [2.24, 2.45) is 0 Å². The first-order valence-corrected chi connectivity index (χ1v) is 31.1. The van der Waals surface area contributed by atoms with E-state index in [0.29, 0.717) is 11.1 Å². The third-order valence-electron chi connectivity index (χ3n) is 16.4. The number of nitriles is 1. The van der Waals surface area contributed by atoms with Gasteiger partial charge in [-0.05, 0) is 181 Å². The van der Waals surface area contributed by atoms with E-state index in [-0.39, 0.29) is 0 Å². The average Bonchev–Trinajstić information content (AvgIpc) is 4.07. The van der Waals surface area contributed by atoms with Gasteiger partial charge < -0.3 is 9.13 Å². The van der Waals surface area contributed by atoms with Crippen molar-refractivity contribution in [1.82, 2.24) is 9.13 Å². The van der Waals surface area contributed by atoms with Gasteiger partial charge in [-0.3, -0.25) is 4.79 Å². The topological polar surface area (TPSA) is 50.7 Å². The van der Waals surface area contributed by atoms with E-state index >= 15 is 0 Å². The first-order valence-electron chi connectivity index (χ1n) is 31.1. The van der Waals surface area contributed by atoms with Crippen LogP contribution in [0.4, 0.5) is 0 Å². The van der Waals surface area contributed by atoms with Gasteiger partial charge in [0.15, 0.2) is 0 Å². The molecule has 4 heteroatoms. The van der Waals surface area contributed by atoms with Gasteiger partial charge in [-0.1, -0.05) is 214 Å². The molecule has 0 saturated carbocycles. The van der Waals surface area contributed by atoms with Crippen molar-refractivity contribution in [2.45, 2.75) is 156 Å². The predicted octanol–water partition coefficient (Wildman–Crippen LogP) is 22.1. The molecular formula is C78H85N3O. The number of carbonyl (C=O) groups excluding carboxylic acids is 1. The number of benzene rings is 8. The lowest BCUT2D eigenvalue weighted by atomic mass is 10.0. The quantitative estimate of drug-likeness (QED) is 0.0293. The summed E-state index contributed by atoms with van der Waals surface area (Å²) in [5.41, 5.74) is 19.1. The fourth-order valence-corrected chi connectivity index (χ4v) is 11.6. The molecule has 10 rings (SSSR count). The number of carbonyl (C=O) groups is 1. The molecule has 2 heterocycles. The Morgan fingerprint density at radius 3 is 0.866 bits per heavy atom. The van der Waals surface area contributed by atoms with Crippen LogP contribution in [0, 0.1) is 11.3 Å². The maximum Gasteiger partial charge on any atom is 0.150 e. The van der Waals surface area contributed by atoms with Gasteiger partial charge in [0.2, 0.25) is 0 Å². The Bertz CT molecular complexity index is 3610. The van der Waals surface area contributed by atoms with Gasteiger partial charge in [-0.15, -0.1) is 0 Å². The molecule has 4 nitrogen and oxygen atoms in total. The van der Waals surface area contributed by atoms with Crippen molar-refractivity contribution in [1.29, 1.82) is 5.26 Å². The smallest absolute Gasteiger partial charge is 0.150 e. The van der Waals surface area contributed by atoms with Crippen LogP contribution in [0.15, 0.2) is 170 Å². The van der Waals surface area contributed by atoms with Crippen molar-refractivity contribution >= 4 is 74.2 Å². The summed E-state index contributed by atoms with van der Waals surface area (Å²) in [5, 5.41) is 14.5. The van der Waals surface area contributed by atoms with Gasteiger partial charge in [-0.25, -0.2) is 0 Å². The van der Waals surface area contributed by atoms with Crippen LogP contribution in [0.2, 0.25) is 0 Å². The summed E-state index contributed by atoms with van der Waals surface area (Å²) in [4.78, 5) is 10.9. The van der Waals surface area contributed by atoms with Crippen molar-refractivity contribution in [3.05, 3.63) is 225 Å². The lowest BCUT2D eigenvalue weighted by molar-refractivity contribution is 0.112. The van der Waals surface area contributed by atoms with Crippen LogP contribution in [-0.2, 0) is 25.7 Å². The number of hydrogen-bond acceptors (Lipinski definition) is 2. The van der Waals surface area contributed by atoms with Crippen LogP contribution in [0.25, 0.3) is 79.3 Å². The molecule has 0 N–H and O–H groups in total. The Labute approximate surface area is 489 Å². The van der Waals surface area contributed by atoms with Crippen LogP contribution in [-0.4, -0.2) is 15.4 Å². The number of rotatable bonds is 27. The summed E-state index contributed by atoms with van der Waals surface area (Å²) in [6.45, 7) is 9.11. The normalized spacial score (nSPS) is 11.6. The summed E-state index contributed by atoms with van der Waals surface area (Å²) < 4.78 is 4.86. The van der Waals surface area contributed by atoms with E-state index < -0.39 is 0 Å². The highest BCUT2D eigenvalue weighted by Gasteiger charge is 2.16. The van der Waals surface area contributed by atoms with E-state index in [9.17, 15) is 4.79 Å². The average molecular weight is 1080 g/mol. The van der Waals surface area contributed by atoms with Gasteiger partial charge in [0.25, 0.3) is 0 Å². The molecule has 0 amide bonds. The minimum atomic E-state index is 0.685. The molecule has 0 aliphatic heterocycles. The molecule has 8 aromatic carbocycles. The molecule has 2 aromatic heterocycles. The maximum atomic E-state index is 10.9. The first-order chi connectivity index (χ1) is 40.4. The summed E-state index contributed by atoms with van der Waals surface area (Å²) >= 11 is 0. The number of aldehydes is 1. The van der Waals surface area contributed by atoms with Crippen LogP contribution < -0.4 is 0 Å². The van der Waals surface area contributed by atoms with E-state index in [4.69, 9.17) is 5.26 Å². The van der Waals surface area contributed by atoms with Crippen molar-refractivity contribution in [2.75, 3.05) is 0 Å². The Morgan fingerprint density at radius 2 is 0.598 bits per heavy atom. The maximum absolute atomic E-state index is 10.9. The molecule has 0 radical (unpaired) electrons. The lowest BCUT2D eigenvalue weighted by Crippen LogP contribution is -1.94. The van der Waals surface area contributed by atoms with Crippen LogP contribution in [0.3, 0.4) is 0 Å². The van der Waals surface area contributed by atoms with Crippen LogP contribution >= 0.6 is 0 Å². The third kappa shape index (κ3) is 15.3. The lowest BCUT2D eigenvalue weighted by Gasteiger charge is -2.09. The zero-order valence-electron chi connectivity index (χ0n) is 49.4. The van der Waals surface area contributed by atoms with Crippen molar-refractivity contribution < 1.29 is 4.79 Å². The number of hydrogen-bond donors (Lipinski definition) is 0. The summed E-state index contributed by atoms with van der Waals surface area (Å²) in [6.07, 6.45) is 34.6. The molecule has 0 fully saturated rings. The van der Waals surface area contributed by atoms with Crippen molar-refractivity contribution in [3.63, 3.8) is 0 Å². The van der Waals surface area contributed by atoms with Gasteiger partial charge in [0.05, 0.1) is 33.7 Å². The van der Waals surface area contributed by atoms with E-state index in [1.165, 1.54) is 180 Å². The summed E-state index contributed by atoms with van der Waals surface area (Å²) in [6, 6.07) is 63.7. The Morgan fingerprint density at radius 1 is 0.329 bits per heavy atom. The SMILES string of the molecule is CCCCCCc1ccc2c(c1)c1cc(CCCCCC)ccc1n2-c1ccc(/C=C/c2ccc(C#N)cc2)cc1.CCCCCCc1ccc2c(c1)c1cc(CCCCCC)ccc1n2-c1ccc(/C=C/c2ccc(C=O)cc2)cc1. The molecule has 0 aliphatic rings. The first kappa shape index (κ1) is 58.6. The number of fused-ring (bicyclic) bond motifs is 6. The van der Waals surface area contributed by atoms with E-state index in [2.05, 4.69) is 189 Å². The third-order valence-corrected chi connectivity index (χ3v) is 16.4. The molecule has 0 atom stereocenters. The Balaban J connectivity index is 0.000000198. The molecule has 0 unspecified atom stereocenters.